The zero-order chi connectivity index (χ0) is 14.1. The zero-order valence-electron chi connectivity index (χ0n) is 11.1. The molecule has 0 saturated heterocycles. The molecule has 1 aromatic carbocycles. The molecule has 0 spiro atoms. The van der Waals surface area contributed by atoms with Crippen molar-refractivity contribution in [3.63, 3.8) is 0 Å². The van der Waals surface area contributed by atoms with Gasteiger partial charge < -0.3 is 15.2 Å². The van der Waals surface area contributed by atoms with Gasteiger partial charge in [0.25, 0.3) is 0 Å². The summed E-state index contributed by atoms with van der Waals surface area (Å²) in [4.78, 5) is 11.5. The maximum absolute atomic E-state index is 11.5. The molecule has 102 valence electrons. The average Bonchev–Trinajstić information content (AvgIpc) is 2.44. The van der Waals surface area contributed by atoms with Crippen LogP contribution in [0.3, 0.4) is 0 Å². The van der Waals surface area contributed by atoms with Crippen molar-refractivity contribution in [3.8, 4) is 12.3 Å². The maximum atomic E-state index is 11.5. The number of carbonyl (C=O) groups excluding carboxylic acids is 1. The normalized spacial score (nSPS) is 13.1. The van der Waals surface area contributed by atoms with Gasteiger partial charge in [-0.3, -0.25) is 0 Å². The number of hydrogen-bond donors (Lipinski definition) is 2. The molecule has 0 heterocycles. The Morgan fingerprint density at radius 1 is 1.47 bits per heavy atom. The SMILES string of the molecule is C#CCC(C)(CO)CNC(=O)OCc1ccccc1. The summed E-state index contributed by atoms with van der Waals surface area (Å²) in [6.07, 6.45) is 5.10. The Morgan fingerprint density at radius 3 is 2.74 bits per heavy atom. The lowest BCUT2D eigenvalue weighted by molar-refractivity contribution is 0.118. The standard InChI is InChI=1S/C15H19NO3/c1-3-9-15(2,12-17)11-16-14(18)19-10-13-7-5-4-6-8-13/h1,4-8,17H,9-12H2,2H3,(H,16,18). The molecule has 1 rings (SSSR count). The number of rotatable bonds is 6. The lowest BCUT2D eigenvalue weighted by Gasteiger charge is -2.24. The summed E-state index contributed by atoms with van der Waals surface area (Å²) in [5, 5.41) is 11.9. The summed E-state index contributed by atoms with van der Waals surface area (Å²) >= 11 is 0. The van der Waals surface area contributed by atoms with Crippen molar-refractivity contribution >= 4 is 6.09 Å². The first-order chi connectivity index (χ1) is 9.09. The topological polar surface area (TPSA) is 58.6 Å². The summed E-state index contributed by atoms with van der Waals surface area (Å²) in [5.41, 5.74) is 0.409. The van der Waals surface area contributed by atoms with Gasteiger partial charge in [-0.05, 0) is 5.56 Å². The highest BCUT2D eigenvalue weighted by molar-refractivity contribution is 5.67. The summed E-state index contributed by atoms with van der Waals surface area (Å²) in [7, 11) is 0. The minimum absolute atomic E-state index is 0.0871. The molecule has 1 aromatic rings. The van der Waals surface area contributed by atoms with Gasteiger partial charge in [0.1, 0.15) is 6.61 Å². The fraction of sp³-hybridized carbons (Fsp3) is 0.400. The number of alkyl carbamates (subject to hydrolysis) is 1. The molecule has 0 radical (unpaired) electrons. The predicted molar refractivity (Wildman–Crippen MR) is 73.3 cm³/mol. The van der Waals surface area contributed by atoms with Crippen LogP contribution in [0.5, 0.6) is 0 Å². The van der Waals surface area contributed by atoms with Crippen molar-refractivity contribution in [2.24, 2.45) is 5.41 Å². The molecule has 0 saturated carbocycles. The van der Waals surface area contributed by atoms with Crippen molar-refractivity contribution in [2.75, 3.05) is 13.2 Å². The fourth-order valence-corrected chi connectivity index (χ4v) is 1.48. The molecule has 0 aromatic heterocycles. The lowest BCUT2D eigenvalue weighted by atomic mass is 9.88. The minimum Gasteiger partial charge on any atom is -0.445 e. The number of amides is 1. The van der Waals surface area contributed by atoms with E-state index in [1.54, 1.807) is 0 Å². The molecular weight excluding hydrogens is 242 g/mol. The molecule has 0 aliphatic carbocycles. The second-order valence-corrected chi connectivity index (χ2v) is 4.76. The third kappa shape index (κ3) is 5.45. The van der Waals surface area contributed by atoms with Crippen LogP contribution in [0.15, 0.2) is 30.3 Å². The third-order valence-electron chi connectivity index (χ3n) is 2.78. The number of carbonyl (C=O) groups is 1. The lowest BCUT2D eigenvalue weighted by Crippen LogP contribution is -2.38. The molecule has 0 aliphatic rings. The average molecular weight is 261 g/mol. The smallest absolute Gasteiger partial charge is 0.407 e. The summed E-state index contributed by atoms with van der Waals surface area (Å²) < 4.78 is 5.06. The second-order valence-electron chi connectivity index (χ2n) is 4.76. The number of aliphatic hydroxyl groups is 1. The number of terminal acetylenes is 1. The van der Waals surface area contributed by atoms with Crippen LogP contribution >= 0.6 is 0 Å². The Hall–Kier alpha value is -1.99. The molecule has 1 atom stereocenters. The second kappa shape index (κ2) is 7.45. The Morgan fingerprint density at radius 2 is 2.16 bits per heavy atom. The quantitative estimate of drug-likeness (QED) is 0.769. The van der Waals surface area contributed by atoms with Crippen LogP contribution in [-0.2, 0) is 11.3 Å². The Labute approximate surface area is 113 Å². The molecule has 0 fully saturated rings. The molecule has 0 aliphatic heterocycles. The molecular formula is C15H19NO3. The van der Waals surface area contributed by atoms with E-state index in [1.165, 1.54) is 0 Å². The van der Waals surface area contributed by atoms with Gasteiger partial charge in [0, 0.05) is 18.4 Å². The van der Waals surface area contributed by atoms with E-state index < -0.39 is 11.5 Å². The van der Waals surface area contributed by atoms with Crippen LogP contribution in [0, 0.1) is 17.8 Å². The molecule has 1 amide bonds. The van der Waals surface area contributed by atoms with Crippen molar-refractivity contribution in [3.05, 3.63) is 35.9 Å². The first kappa shape index (κ1) is 15.1. The van der Waals surface area contributed by atoms with Crippen molar-refractivity contribution in [1.82, 2.24) is 5.32 Å². The van der Waals surface area contributed by atoms with Gasteiger partial charge in [-0.25, -0.2) is 4.79 Å². The van der Waals surface area contributed by atoms with E-state index in [0.717, 1.165) is 5.56 Å². The highest BCUT2D eigenvalue weighted by atomic mass is 16.5. The Kier molecular flexibility index (Phi) is 5.91. The van der Waals surface area contributed by atoms with Crippen molar-refractivity contribution < 1.29 is 14.6 Å². The van der Waals surface area contributed by atoms with E-state index in [4.69, 9.17) is 11.2 Å². The highest BCUT2D eigenvalue weighted by Gasteiger charge is 2.23. The predicted octanol–water partition coefficient (Wildman–Crippen LogP) is 1.93. The molecule has 19 heavy (non-hydrogen) atoms. The van der Waals surface area contributed by atoms with Crippen LogP contribution < -0.4 is 5.32 Å². The van der Waals surface area contributed by atoms with Crippen LogP contribution in [0.2, 0.25) is 0 Å². The number of nitrogens with one attached hydrogen (secondary N) is 1. The molecule has 4 heteroatoms. The van der Waals surface area contributed by atoms with Gasteiger partial charge in [-0.15, -0.1) is 12.3 Å². The van der Waals surface area contributed by atoms with Gasteiger partial charge in [-0.2, -0.15) is 0 Å². The molecule has 4 nitrogen and oxygen atoms in total. The number of ether oxygens (including phenoxy) is 1. The largest absolute Gasteiger partial charge is 0.445 e. The number of benzene rings is 1. The van der Waals surface area contributed by atoms with E-state index in [1.807, 2.05) is 37.3 Å². The van der Waals surface area contributed by atoms with Crippen LogP contribution in [0.4, 0.5) is 4.79 Å². The fourth-order valence-electron chi connectivity index (χ4n) is 1.48. The van der Waals surface area contributed by atoms with Crippen LogP contribution in [0.1, 0.15) is 18.9 Å². The van der Waals surface area contributed by atoms with Gasteiger partial charge in [0.2, 0.25) is 0 Å². The van der Waals surface area contributed by atoms with Crippen LogP contribution in [-0.4, -0.2) is 24.4 Å². The van der Waals surface area contributed by atoms with Crippen molar-refractivity contribution in [2.45, 2.75) is 20.0 Å². The van der Waals surface area contributed by atoms with E-state index in [-0.39, 0.29) is 19.8 Å². The van der Waals surface area contributed by atoms with E-state index in [9.17, 15) is 9.90 Å². The summed E-state index contributed by atoms with van der Waals surface area (Å²) in [6.45, 7) is 2.22. The minimum atomic E-state index is -0.513. The van der Waals surface area contributed by atoms with E-state index in [2.05, 4.69) is 11.2 Å². The molecule has 2 N–H and O–H groups in total. The maximum Gasteiger partial charge on any atom is 0.407 e. The number of hydrogen-bond acceptors (Lipinski definition) is 3. The molecule has 1 unspecified atom stereocenters. The van der Waals surface area contributed by atoms with Gasteiger partial charge in [0.15, 0.2) is 0 Å². The van der Waals surface area contributed by atoms with Gasteiger partial charge in [-0.1, -0.05) is 37.3 Å². The Balaban J connectivity index is 2.34. The third-order valence-corrected chi connectivity index (χ3v) is 2.78. The summed E-state index contributed by atoms with van der Waals surface area (Å²) in [5.74, 6) is 2.49. The monoisotopic (exact) mass is 261 g/mol. The zero-order valence-corrected chi connectivity index (χ0v) is 11.1. The van der Waals surface area contributed by atoms with Crippen molar-refractivity contribution in [1.29, 1.82) is 0 Å². The Bertz CT molecular complexity index is 438. The first-order valence-corrected chi connectivity index (χ1v) is 6.08. The van der Waals surface area contributed by atoms with E-state index >= 15 is 0 Å². The molecule has 0 bridgehead atoms. The summed E-state index contributed by atoms with van der Waals surface area (Å²) in [6, 6.07) is 9.42. The van der Waals surface area contributed by atoms with Gasteiger partial charge in [0.05, 0.1) is 6.61 Å². The first-order valence-electron chi connectivity index (χ1n) is 6.08. The number of aliphatic hydroxyl groups excluding tert-OH is 1. The van der Waals surface area contributed by atoms with E-state index in [0.29, 0.717) is 6.42 Å². The highest BCUT2D eigenvalue weighted by Crippen LogP contribution is 2.18. The van der Waals surface area contributed by atoms with Gasteiger partial charge >= 0.3 is 6.09 Å². The van der Waals surface area contributed by atoms with Crippen LogP contribution in [0.25, 0.3) is 0 Å².